The van der Waals surface area contributed by atoms with E-state index in [0.717, 1.165) is 18.2 Å². The minimum Gasteiger partial charge on any atom is -0.352 e. The lowest BCUT2D eigenvalue weighted by Crippen LogP contribution is -2.25. The molecule has 0 aliphatic rings. The molecule has 0 unspecified atom stereocenters. The van der Waals surface area contributed by atoms with Crippen LogP contribution in [-0.4, -0.2) is 23.3 Å². The highest BCUT2D eigenvalue weighted by Gasteiger charge is 2.20. The van der Waals surface area contributed by atoms with Gasteiger partial charge in [0.05, 0.1) is 4.92 Å². The third-order valence-electron chi connectivity index (χ3n) is 2.00. The van der Waals surface area contributed by atoms with Crippen LogP contribution < -0.4 is 5.32 Å². The Morgan fingerprint density at radius 3 is 2.82 bits per heavy atom. The topological polar surface area (TPSA) is 72.2 Å². The molecule has 0 bridgehead atoms. The van der Waals surface area contributed by atoms with E-state index >= 15 is 0 Å². The number of nitro benzene ring substituents is 1. The first-order valence-corrected chi connectivity index (χ1v) is 5.38. The van der Waals surface area contributed by atoms with E-state index in [1.165, 1.54) is 0 Å². The van der Waals surface area contributed by atoms with Gasteiger partial charge in [0.1, 0.15) is 11.4 Å². The van der Waals surface area contributed by atoms with Crippen molar-refractivity contribution in [3.63, 3.8) is 0 Å². The molecule has 0 saturated carbocycles. The van der Waals surface area contributed by atoms with Crippen molar-refractivity contribution in [2.75, 3.05) is 12.4 Å². The van der Waals surface area contributed by atoms with Crippen molar-refractivity contribution >= 4 is 23.2 Å². The molecule has 0 radical (unpaired) electrons. The Kier molecular flexibility index (Phi) is 4.84. The molecule has 0 heterocycles. The molecule has 0 aliphatic carbocycles. The molecule has 0 fully saturated rings. The summed E-state index contributed by atoms with van der Waals surface area (Å²) >= 11 is 5.42. The lowest BCUT2D eigenvalue weighted by molar-refractivity contribution is -0.385. The quantitative estimate of drug-likeness (QED) is 0.381. The number of alkyl halides is 1. The zero-order valence-corrected chi connectivity index (χ0v) is 9.54. The number of carbonyl (C=O) groups is 1. The number of nitrogens with zero attached hydrogens (tertiary/aromatic N) is 1. The van der Waals surface area contributed by atoms with Gasteiger partial charge < -0.3 is 5.32 Å². The van der Waals surface area contributed by atoms with Crippen LogP contribution in [0.5, 0.6) is 0 Å². The van der Waals surface area contributed by atoms with Crippen molar-refractivity contribution in [2.45, 2.75) is 6.42 Å². The van der Waals surface area contributed by atoms with Crippen LogP contribution in [-0.2, 0) is 0 Å². The van der Waals surface area contributed by atoms with Gasteiger partial charge in [-0.1, -0.05) is 0 Å². The van der Waals surface area contributed by atoms with Crippen LogP contribution in [0, 0.1) is 15.9 Å². The number of hydrogen-bond acceptors (Lipinski definition) is 3. The Morgan fingerprint density at radius 2 is 2.24 bits per heavy atom. The van der Waals surface area contributed by atoms with E-state index in [9.17, 15) is 19.3 Å². The van der Waals surface area contributed by atoms with Gasteiger partial charge in [0.25, 0.3) is 11.6 Å². The Labute approximate surface area is 102 Å². The second kappa shape index (κ2) is 6.15. The first-order valence-electron chi connectivity index (χ1n) is 4.84. The summed E-state index contributed by atoms with van der Waals surface area (Å²) < 4.78 is 12.9. The lowest BCUT2D eigenvalue weighted by Gasteiger charge is -2.04. The number of amides is 1. The number of carbonyl (C=O) groups excluding carboxylic acids is 1. The van der Waals surface area contributed by atoms with Crippen molar-refractivity contribution in [2.24, 2.45) is 0 Å². The highest BCUT2D eigenvalue weighted by molar-refractivity contribution is 6.17. The Bertz CT molecular complexity index is 440. The summed E-state index contributed by atoms with van der Waals surface area (Å²) in [5.74, 6) is -1.01. The van der Waals surface area contributed by atoms with Crippen LogP contribution >= 0.6 is 11.6 Å². The van der Waals surface area contributed by atoms with Gasteiger partial charge in [0, 0.05) is 18.5 Å². The number of hydrogen-bond donors (Lipinski definition) is 1. The van der Waals surface area contributed by atoms with Crippen LogP contribution in [0.4, 0.5) is 10.1 Å². The molecule has 1 rings (SSSR count). The molecule has 0 aliphatic heterocycles. The molecule has 1 amide bonds. The maximum Gasteiger partial charge on any atom is 0.282 e. The highest BCUT2D eigenvalue weighted by Crippen LogP contribution is 2.19. The predicted octanol–water partition coefficient (Wildman–Crippen LogP) is 2.09. The van der Waals surface area contributed by atoms with Gasteiger partial charge in [-0.05, 0) is 18.6 Å². The predicted molar refractivity (Wildman–Crippen MR) is 60.7 cm³/mol. The molecule has 1 aromatic rings. The monoisotopic (exact) mass is 260 g/mol. The largest absolute Gasteiger partial charge is 0.352 e. The first kappa shape index (κ1) is 13.4. The fraction of sp³-hybridized carbons (Fsp3) is 0.300. The third kappa shape index (κ3) is 3.67. The zero-order chi connectivity index (χ0) is 12.8. The van der Waals surface area contributed by atoms with Gasteiger partial charge in [-0.2, -0.15) is 0 Å². The van der Waals surface area contributed by atoms with Crippen LogP contribution in [0.2, 0.25) is 0 Å². The van der Waals surface area contributed by atoms with Crippen molar-refractivity contribution in [3.8, 4) is 0 Å². The molecule has 0 spiro atoms. The second-order valence-electron chi connectivity index (χ2n) is 3.22. The molecule has 7 heteroatoms. The number of nitro groups is 1. The van der Waals surface area contributed by atoms with Gasteiger partial charge in [-0.3, -0.25) is 14.9 Å². The van der Waals surface area contributed by atoms with Crippen molar-refractivity contribution < 1.29 is 14.1 Å². The van der Waals surface area contributed by atoms with E-state index in [4.69, 9.17) is 11.6 Å². The van der Waals surface area contributed by atoms with E-state index in [2.05, 4.69) is 5.32 Å². The Hall–Kier alpha value is -1.69. The number of nitrogens with one attached hydrogen (secondary N) is 1. The van der Waals surface area contributed by atoms with Crippen LogP contribution in [0.1, 0.15) is 16.8 Å². The molecule has 1 N–H and O–H groups in total. The van der Waals surface area contributed by atoms with E-state index < -0.39 is 22.3 Å². The van der Waals surface area contributed by atoms with E-state index in [1.54, 1.807) is 0 Å². The molecule has 0 aromatic heterocycles. The molecule has 1 aromatic carbocycles. The van der Waals surface area contributed by atoms with E-state index in [0.29, 0.717) is 12.3 Å². The number of rotatable bonds is 5. The molecule has 17 heavy (non-hydrogen) atoms. The van der Waals surface area contributed by atoms with Crippen LogP contribution in [0.15, 0.2) is 18.2 Å². The van der Waals surface area contributed by atoms with Gasteiger partial charge >= 0.3 is 0 Å². The maximum absolute atomic E-state index is 12.9. The summed E-state index contributed by atoms with van der Waals surface area (Å²) in [6.07, 6.45) is 0.538. The summed E-state index contributed by atoms with van der Waals surface area (Å²) in [6.45, 7) is 0.288. The van der Waals surface area contributed by atoms with Gasteiger partial charge in [0.15, 0.2) is 0 Å². The third-order valence-corrected chi connectivity index (χ3v) is 2.26. The molecule has 0 atom stereocenters. The lowest BCUT2D eigenvalue weighted by atomic mass is 10.1. The molecule has 0 saturated heterocycles. The van der Waals surface area contributed by atoms with Crippen molar-refractivity contribution in [1.82, 2.24) is 5.32 Å². The molecular formula is C10H10ClFN2O3. The minimum atomic E-state index is -0.726. The summed E-state index contributed by atoms with van der Waals surface area (Å²) in [5, 5.41) is 13.1. The number of halogens is 2. The molecule has 5 nitrogen and oxygen atoms in total. The molecular weight excluding hydrogens is 251 g/mol. The maximum atomic E-state index is 12.9. The Balaban J connectivity index is 2.90. The summed E-state index contributed by atoms with van der Waals surface area (Å²) in [7, 11) is 0. The molecule has 92 valence electrons. The minimum absolute atomic E-state index is 0.287. The van der Waals surface area contributed by atoms with Crippen molar-refractivity contribution in [3.05, 3.63) is 39.7 Å². The zero-order valence-electron chi connectivity index (χ0n) is 8.78. The van der Waals surface area contributed by atoms with E-state index in [-0.39, 0.29) is 12.1 Å². The fourth-order valence-corrected chi connectivity index (χ4v) is 1.35. The smallest absolute Gasteiger partial charge is 0.282 e. The number of benzene rings is 1. The van der Waals surface area contributed by atoms with Crippen LogP contribution in [0.25, 0.3) is 0 Å². The average Bonchev–Trinajstić information content (AvgIpc) is 2.28. The SMILES string of the molecule is O=C(NCCCCl)c1cc(F)ccc1[N+](=O)[O-]. The van der Waals surface area contributed by atoms with Crippen molar-refractivity contribution in [1.29, 1.82) is 0 Å². The highest BCUT2D eigenvalue weighted by atomic mass is 35.5. The van der Waals surface area contributed by atoms with Gasteiger partial charge in [-0.15, -0.1) is 11.6 Å². The summed E-state index contributed by atoms with van der Waals surface area (Å²) in [6, 6.07) is 2.74. The summed E-state index contributed by atoms with van der Waals surface area (Å²) in [4.78, 5) is 21.5. The van der Waals surface area contributed by atoms with E-state index in [1.807, 2.05) is 0 Å². The first-order chi connectivity index (χ1) is 8.06. The Morgan fingerprint density at radius 1 is 1.53 bits per heavy atom. The average molecular weight is 261 g/mol. The van der Waals surface area contributed by atoms with Gasteiger partial charge in [-0.25, -0.2) is 4.39 Å². The summed E-state index contributed by atoms with van der Waals surface area (Å²) in [5.41, 5.74) is -0.709. The second-order valence-corrected chi connectivity index (χ2v) is 3.59. The fourth-order valence-electron chi connectivity index (χ4n) is 1.21. The normalized spacial score (nSPS) is 10.0. The van der Waals surface area contributed by atoms with Gasteiger partial charge in [0.2, 0.25) is 0 Å². The van der Waals surface area contributed by atoms with Crippen LogP contribution in [0.3, 0.4) is 0 Å². The standard InChI is InChI=1S/C10H10ClFN2O3/c11-4-1-5-13-10(15)8-6-7(12)2-3-9(8)14(16)17/h2-3,6H,1,4-5H2,(H,13,15).